The van der Waals surface area contributed by atoms with Crippen LogP contribution >= 0.6 is 11.7 Å². The Morgan fingerprint density at radius 3 is 1.86 bits per heavy atom. The zero-order valence-electron chi connectivity index (χ0n) is 31.2. The predicted octanol–water partition coefficient (Wildman–Crippen LogP) is 8.76. The zero-order valence-corrected chi connectivity index (χ0v) is 32.0. The van der Waals surface area contributed by atoms with Crippen molar-refractivity contribution in [2.24, 2.45) is 0 Å². The molecule has 2 heterocycles. The highest BCUT2D eigenvalue weighted by molar-refractivity contribution is 7.00. The van der Waals surface area contributed by atoms with Crippen molar-refractivity contribution in [1.29, 1.82) is 0 Å². The van der Waals surface area contributed by atoms with Gasteiger partial charge in [0.05, 0.1) is 31.5 Å². The summed E-state index contributed by atoms with van der Waals surface area (Å²) in [6, 6.07) is 44.9. The fourth-order valence-electron chi connectivity index (χ4n) is 6.29. The van der Waals surface area contributed by atoms with Gasteiger partial charge < -0.3 is 28.8 Å². The number of esters is 1. The van der Waals surface area contributed by atoms with Gasteiger partial charge in [-0.3, -0.25) is 4.79 Å². The van der Waals surface area contributed by atoms with Gasteiger partial charge in [-0.05, 0) is 89.0 Å². The maximum atomic E-state index is 13.4. The summed E-state index contributed by atoms with van der Waals surface area (Å²) in [5.41, 5.74) is 6.71. The molecule has 7 aromatic rings. The molecule has 1 aliphatic rings. The molecule has 0 fully saturated rings. The number of carbonyl (C=O) groups excluding carboxylic acids is 2. The van der Waals surface area contributed by atoms with E-state index in [0.29, 0.717) is 58.2 Å². The first-order valence-corrected chi connectivity index (χ1v) is 18.7. The highest BCUT2D eigenvalue weighted by atomic mass is 32.1. The lowest BCUT2D eigenvalue weighted by Gasteiger charge is -2.26. The van der Waals surface area contributed by atoms with Crippen LogP contribution in [0, 0.1) is 0 Å². The number of ether oxygens (including phenoxy) is 5. The van der Waals surface area contributed by atoms with Crippen LogP contribution < -0.4 is 18.9 Å². The van der Waals surface area contributed by atoms with E-state index in [0.717, 1.165) is 46.0 Å². The fraction of sp³-hybridized carbons (Fsp3) is 0.130. The number of nitrogens with zero attached hydrogens (tertiary/aromatic N) is 2. The number of methoxy groups -OCH3 is 2. The Bertz CT molecular complexity index is 2490. The lowest BCUT2D eigenvalue weighted by Crippen LogP contribution is -2.29. The average molecular weight is 779 g/mol. The summed E-state index contributed by atoms with van der Waals surface area (Å²) in [7, 11) is 3.04. The number of hydrogen-bond donors (Lipinski definition) is 1. The largest absolute Gasteiger partial charge is 0.493 e. The van der Waals surface area contributed by atoms with Crippen molar-refractivity contribution in [3.63, 3.8) is 0 Å². The van der Waals surface area contributed by atoms with Crippen LogP contribution in [-0.2, 0) is 35.0 Å². The van der Waals surface area contributed by atoms with E-state index in [1.165, 1.54) is 14.2 Å². The SMILES string of the molecule is COc1ccc(C2(O)OC(=O)C(c3ccc4nsnc4c3)=C2Cc2ccc(OCc3ccccc3)cc2)cc1OC.O=Cc1ccc(OCc2ccccc2)cc1. The summed E-state index contributed by atoms with van der Waals surface area (Å²) in [5.74, 6) is -0.303. The molecular weight excluding hydrogens is 741 g/mol. The molecular formula is C46H38N2O8S. The van der Waals surface area contributed by atoms with E-state index >= 15 is 0 Å². The Labute approximate surface area is 333 Å². The summed E-state index contributed by atoms with van der Waals surface area (Å²) >= 11 is 1.10. The fourth-order valence-corrected chi connectivity index (χ4v) is 6.81. The Kier molecular flexibility index (Phi) is 12.0. The van der Waals surface area contributed by atoms with Crippen molar-refractivity contribution in [3.05, 3.63) is 185 Å². The molecule has 11 heteroatoms. The van der Waals surface area contributed by atoms with Gasteiger partial charge in [-0.2, -0.15) is 8.75 Å². The number of rotatable bonds is 13. The van der Waals surface area contributed by atoms with E-state index in [1.54, 1.807) is 60.7 Å². The van der Waals surface area contributed by atoms with Gasteiger partial charge in [-0.15, -0.1) is 0 Å². The van der Waals surface area contributed by atoms with Gasteiger partial charge in [0.2, 0.25) is 0 Å². The van der Waals surface area contributed by atoms with Crippen molar-refractivity contribution in [1.82, 2.24) is 8.75 Å². The molecule has 57 heavy (non-hydrogen) atoms. The Hall–Kier alpha value is -6.82. The molecule has 1 aliphatic heterocycles. The van der Waals surface area contributed by atoms with Crippen LogP contribution in [0.3, 0.4) is 0 Å². The first kappa shape index (κ1) is 38.5. The molecule has 0 saturated heterocycles. The molecule has 0 amide bonds. The molecule has 0 saturated carbocycles. The number of carbonyl (C=O) groups is 2. The van der Waals surface area contributed by atoms with Crippen LogP contribution in [0.2, 0.25) is 0 Å². The monoisotopic (exact) mass is 778 g/mol. The van der Waals surface area contributed by atoms with Crippen LogP contribution in [0.4, 0.5) is 0 Å². The second kappa shape index (κ2) is 17.8. The number of cyclic esters (lactones) is 1. The predicted molar refractivity (Wildman–Crippen MR) is 217 cm³/mol. The number of aromatic nitrogens is 2. The minimum atomic E-state index is -2.04. The summed E-state index contributed by atoms with van der Waals surface area (Å²) in [6.45, 7) is 0.992. The van der Waals surface area contributed by atoms with E-state index in [4.69, 9.17) is 23.7 Å². The lowest BCUT2D eigenvalue weighted by atomic mass is 9.88. The third kappa shape index (κ3) is 9.02. The van der Waals surface area contributed by atoms with Crippen molar-refractivity contribution in [2.45, 2.75) is 25.4 Å². The Morgan fingerprint density at radius 1 is 0.667 bits per heavy atom. The second-order valence-electron chi connectivity index (χ2n) is 13.0. The second-order valence-corrected chi connectivity index (χ2v) is 13.5. The van der Waals surface area contributed by atoms with Crippen LogP contribution in [-0.4, -0.2) is 40.3 Å². The first-order chi connectivity index (χ1) is 27.9. The molecule has 0 spiro atoms. The van der Waals surface area contributed by atoms with Gasteiger partial charge in [-0.25, -0.2) is 4.79 Å². The van der Waals surface area contributed by atoms with Gasteiger partial charge in [0.1, 0.15) is 42.0 Å². The summed E-state index contributed by atoms with van der Waals surface area (Å²) in [4.78, 5) is 23.9. The van der Waals surface area contributed by atoms with E-state index in [2.05, 4.69) is 8.75 Å². The highest BCUT2D eigenvalue weighted by Gasteiger charge is 2.48. The van der Waals surface area contributed by atoms with E-state index < -0.39 is 11.8 Å². The van der Waals surface area contributed by atoms with Crippen molar-refractivity contribution in [2.75, 3.05) is 14.2 Å². The van der Waals surface area contributed by atoms with Crippen LogP contribution in [0.15, 0.2) is 151 Å². The third-order valence-corrected chi connectivity index (χ3v) is 9.85. The first-order valence-electron chi connectivity index (χ1n) is 18.0. The molecule has 1 N–H and O–H groups in total. The lowest BCUT2D eigenvalue weighted by molar-refractivity contribution is -0.185. The van der Waals surface area contributed by atoms with Gasteiger partial charge >= 0.3 is 5.97 Å². The minimum absolute atomic E-state index is 0.234. The molecule has 1 atom stereocenters. The van der Waals surface area contributed by atoms with Gasteiger partial charge in [0.25, 0.3) is 5.79 Å². The molecule has 286 valence electrons. The minimum Gasteiger partial charge on any atom is -0.493 e. The molecule has 0 aliphatic carbocycles. The number of aliphatic hydroxyl groups is 1. The number of aldehydes is 1. The summed E-state index contributed by atoms with van der Waals surface area (Å²) in [6.07, 6.45) is 1.05. The van der Waals surface area contributed by atoms with E-state index in [-0.39, 0.29) is 12.0 Å². The van der Waals surface area contributed by atoms with Crippen LogP contribution in [0.25, 0.3) is 16.6 Å². The van der Waals surface area contributed by atoms with Crippen molar-refractivity contribution < 1.29 is 38.4 Å². The molecule has 1 unspecified atom stereocenters. The Balaban J connectivity index is 0.000000259. The topological polar surface area (TPSA) is 126 Å². The summed E-state index contributed by atoms with van der Waals surface area (Å²) in [5, 5.41) is 12.1. The molecule has 1 aromatic heterocycles. The quantitative estimate of drug-likeness (QED) is 0.0897. The normalized spacial score (nSPS) is 14.7. The number of hydrogen-bond acceptors (Lipinski definition) is 11. The Morgan fingerprint density at radius 2 is 1.26 bits per heavy atom. The average Bonchev–Trinajstić information content (AvgIpc) is 3.84. The van der Waals surface area contributed by atoms with E-state index in [1.807, 2.05) is 84.9 Å². The standard InChI is InChI=1S/C32H26N2O6S.C14H12O2/c1-37-28-15-11-23(18-29(28)38-2)32(36)25(30(31(35)40-32)22-10-14-26-27(17-22)34-41-33-26)16-20-8-12-24(13-9-20)39-19-21-6-4-3-5-7-21;15-10-12-6-8-14(9-7-12)16-11-13-4-2-1-3-5-13/h3-15,17-18,36H,16,19H2,1-2H3;1-10H,11H2. The van der Waals surface area contributed by atoms with Gasteiger partial charge in [-0.1, -0.05) is 78.9 Å². The number of fused-ring (bicyclic) bond motifs is 1. The molecule has 0 radical (unpaired) electrons. The van der Waals surface area contributed by atoms with Crippen LogP contribution in [0.5, 0.6) is 23.0 Å². The smallest absolute Gasteiger partial charge is 0.342 e. The van der Waals surface area contributed by atoms with Gasteiger partial charge in [0, 0.05) is 23.1 Å². The van der Waals surface area contributed by atoms with Crippen molar-refractivity contribution >= 4 is 40.6 Å². The maximum Gasteiger partial charge on any atom is 0.342 e. The van der Waals surface area contributed by atoms with Crippen molar-refractivity contribution in [3.8, 4) is 23.0 Å². The molecule has 10 nitrogen and oxygen atoms in total. The molecule has 6 aromatic carbocycles. The number of benzene rings is 6. The zero-order chi connectivity index (χ0) is 39.6. The highest BCUT2D eigenvalue weighted by Crippen LogP contribution is 2.46. The molecule has 0 bridgehead atoms. The van der Waals surface area contributed by atoms with Crippen LogP contribution in [0.1, 0.15) is 38.2 Å². The van der Waals surface area contributed by atoms with E-state index in [9.17, 15) is 14.7 Å². The van der Waals surface area contributed by atoms with Gasteiger partial charge in [0.15, 0.2) is 11.5 Å². The summed E-state index contributed by atoms with van der Waals surface area (Å²) < 4.78 is 36.7. The molecule has 8 rings (SSSR count). The third-order valence-electron chi connectivity index (χ3n) is 9.29. The maximum absolute atomic E-state index is 13.4.